The van der Waals surface area contributed by atoms with E-state index < -0.39 is 0 Å². The molecule has 0 radical (unpaired) electrons. The summed E-state index contributed by atoms with van der Waals surface area (Å²) in [6.07, 6.45) is 3.99. The van der Waals surface area contributed by atoms with Gasteiger partial charge in [-0.15, -0.1) is 0 Å². The molecular weight excluding hydrogens is 226 g/mol. The number of methoxy groups -OCH3 is 1. The van der Waals surface area contributed by atoms with Gasteiger partial charge in [-0.1, -0.05) is 29.8 Å². The van der Waals surface area contributed by atoms with E-state index in [9.17, 15) is 0 Å². The highest BCUT2D eigenvalue weighted by Gasteiger charge is 2.03. The summed E-state index contributed by atoms with van der Waals surface area (Å²) in [6.45, 7) is 7.07. The van der Waals surface area contributed by atoms with Crippen molar-refractivity contribution in [3.8, 4) is 5.75 Å². The smallest absolute Gasteiger partial charge is 0.124 e. The summed E-state index contributed by atoms with van der Waals surface area (Å²) in [6, 6.07) is 6.26. The van der Waals surface area contributed by atoms with Gasteiger partial charge in [0.05, 0.1) is 6.61 Å². The zero-order chi connectivity index (χ0) is 13.2. The van der Waals surface area contributed by atoms with Crippen molar-refractivity contribution in [2.75, 3.05) is 26.9 Å². The van der Waals surface area contributed by atoms with E-state index in [1.54, 1.807) is 7.11 Å². The summed E-state index contributed by atoms with van der Waals surface area (Å²) in [4.78, 5) is 0. The summed E-state index contributed by atoms with van der Waals surface area (Å²) in [5.41, 5.74) is 2.44. The molecule has 1 aromatic carbocycles. The molecule has 0 saturated heterocycles. The second kappa shape index (κ2) is 8.72. The first kappa shape index (κ1) is 14.7. The number of allylic oxidation sites excluding steroid dienone is 1. The Bertz CT molecular complexity index is 375. The second-order valence-corrected chi connectivity index (χ2v) is 4.16. The highest BCUT2D eigenvalue weighted by atomic mass is 16.5. The van der Waals surface area contributed by atoms with Crippen LogP contribution in [0.3, 0.4) is 0 Å². The molecule has 1 aromatic rings. The van der Waals surface area contributed by atoms with Crippen molar-refractivity contribution in [2.24, 2.45) is 0 Å². The van der Waals surface area contributed by atoms with Gasteiger partial charge in [0.25, 0.3) is 0 Å². The molecule has 1 rings (SSSR count). The largest absolute Gasteiger partial charge is 0.489 e. The molecule has 3 heteroatoms. The van der Waals surface area contributed by atoms with Crippen molar-refractivity contribution < 1.29 is 9.47 Å². The van der Waals surface area contributed by atoms with E-state index in [-0.39, 0.29) is 0 Å². The van der Waals surface area contributed by atoms with Crippen molar-refractivity contribution in [1.29, 1.82) is 0 Å². The Labute approximate surface area is 110 Å². The van der Waals surface area contributed by atoms with Crippen LogP contribution in [-0.2, 0) is 11.3 Å². The molecule has 0 aliphatic rings. The molecular formula is C15H23NO2. The van der Waals surface area contributed by atoms with E-state index in [1.165, 1.54) is 11.1 Å². The average molecular weight is 249 g/mol. The van der Waals surface area contributed by atoms with Crippen LogP contribution >= 0.6 is 0 Å². The number of nitrogens with one attached hydrogen (secondary N) is 1. The monoisotopic (exact) mass is 249 g/mol. The highest BCUT2D eigenvalue weighted by molar-refractivity contribution is 5.37. The number of rotatable bonds is 8. The van der Waals surface area contributed by atoms with Crippen molar-refractivity contribution in [3.63, 3.8) is 0 Å². The predicted molar refractivity (Wildman–Crippen MR) is 75.1 cm³/mol. The fourth-order valence-electron chi connectivity index (χ4n) is 1.62. The van der Waals surface area contributed by atoms with Gasteiger partial charge in [0.2, 0.25) is 0 Å². The number of hydrogen-bond acceptors (Lipinski definition) is 3. The van der Waals surface area contributed by atoms with Crippen molar-refractivity contribution in [2.45, 2.75) is 20.4 Å². The summed E-state index contributed by atoms with van der Waals surface area (Å²) in [5, 5.41) is 3.34. The molecule has 3 nitrogen and oxygen atoms in total. The lowest BCUT2D eigenvalue weighted by molar-refractivity contribution is 0.199. The van der Waals surface area contributed by atoms with Crippen LogP contribution in [0.25, 0.3) is 0 Å². The Kier molecular flexibility index (Phi) is 7.14. The summed E-state index contributed by atoms with van der Waals surface area (Å²) < 4.78 is 10.7. The Hall–Kier alpha value is -1.32. The minimum absolute atomic E-state index is 0.616. The van der Waals surface area contributed by atoms with E-state index in [0.717, 1.165) is 25.4 Å². The molecule has 100 valence electrons. The summed E-state index contributed by atoms with van der Waals surface area (Å²) in [7, 11) is 1.71. The summed E-state index contributed by atoms with van der Waals surface area (Å²) in [5.74, 6) is 0.948. The minimum Gasteiger partial charge on any atom is -0.489 e. The molecule has 0 atom stereocenters. The molecule has 0 saturated carbocycles. The van der Waals surface area contributed by atoms with Crippen LogP contribution in [0.5, 0.6) is 5.75 Å². The van der Waals surface area contributed by atoms with Crippen molar-refractivity contribution >= 4 is 0 Å². The lowest BCUT2D eigenvalue weighted by atomic mass is 10.1. The maximum atomic E-state index is 5.73. The highest BCUT2D eigenvalue weighted by Crippen LogP contribution is 2.19. The molecule has 1 N–H and O–H groups in total. The number of aryl methyl sites for hydroxylation is 1. The average Bonchev–Trinajstić information content (AvgIpc) is 2.37. The lowest BCUT2D eigenvalue weighted by Gasteiger charge is -2.12. The Morgan fingerprint density at radius 2 is 2.17 bits per heavy atom. The first-order chi connectivity index (χ1) is 8.77. The van der Waals surface area contributed by atoms with Gasteiger partial charge in [-0.05, 0) is 19.9 Å². The van der Waals surface area contributed by atoms with E-state index >= 15 is 0 Å². The molecule has 0 aliphatic heterocycles. The van der Waals surface area contributed by atoms with Gasteiger partial charge in [-0.25, -0.2) is 0 Å². The SMILES string of the molecule is C/C=C/COc1ccc(C)cc1CNCCOC. The molecule has 0 heterocycles. The van der Waals surface area contributed by atoms with Gasteiger partial charge in [-0.2, -0.15) is 0 Å². The molecule has 0 aliphatic carbocycles. The molecule has 0 aromatic heterocycles. The fraction of sp³-hybridized carbons (Fsp3) is 0.467. The van der Waals surface area contributed by atoms with Gasteiger partial charge in [0.15, 0.2) is 0 Å². The first-order valence-electron chi connectivity index (χ1n) is 6.31. The Morgan fingerprint density at radius 1 is 1.33 bits per heavy atom. The van der Waals surface area contributed by atoms with Gasteiger partial charge in [0, 0.05) is 25.8 Å². The van der Waals surface area contributed by atoms with E-state index in [2.05, 4.69) is 24.4 Å². The molecule has 18 heavy (non-hydrogen) atoms. The number of ether oxygens (including phenoxy) is 2. The summed E-state index contributed by atoms with van der Waals surface area (Å²) >= 11 is 0. The molecule has 0 fully saturated rings. The Balaban J connectivity index is 2.58. The van der Waals surface area contributed by atoms with Gasteiger partial charge < -0.3 is 14.8 Å². The standard InChI is InChI=1S/C15H23NO2/c1-4-5-9-18-15-7-6-13(2)11-14(15)12-16-8-10-17-3/h4-7,11,16H,8-10,12H2,1-3H3/b5-4+. The van der Waals surface area contributed by atoms with Crippen LogP contribution in [0.15, 0.2) is 30.4 Å². The van der Waals surface area contributed by atoms with E-state index in [0.29, 0.717) is 6.61 Å². The third-order valence-electron chi connectivity index (χ3n) is 2.59. The van der Waals surface area contributed by atoms with Gasteiger partial charge >= 0.3 is 0 Å². The first-order valence-corrected chi connectivity index (χ1v) is 6.31. The van der Waals surface area contributed by atoms with Crippen LogP contribution in [0.1, 0.15) is 18.1 Å². The zero-order valence-corrected chi connectivity index (χ0v) is 11.5. The predicted octanol–water partition coefficient (Wildman–Crippen LogP) is 2.69. The van der Waals surface area contributed by atoms with Crippen LogP contribution < -0.4 is 10.1 Å². The third kappa shape index (κ3) is 5.34. The van der Waals surface area contributed by atoms with Gasteiger partial charge in [0.1, 0.15) is 12.4 Å². The van der Waals surface area contributed by atoms with Crippen LogP contribution in [0.4, 0.5) is 0 Å². The van der Waals surface area contributed by atoms with Crippen LogP contribution in [0.2, 0.25) is 0 Å². The normalized spacial score (nSPS) is 11.1. The number of benzene rings is 1. The Morgan fingerprint density at radius 3 is 2.89 bits per heavy atom. The molecule has 0 amide bonds. The molecule has 0 spiro atoms. The quantitative estimate of drug-likeness (QED) is 0.567. The minimum atomic E-state index is 0.616. The zero-order valence-electron chi connectivity index (χ0n) is 11.5. The van der Waals surface area contributed by atoms with Crippen LogP contribution in [0, 0.1) is 6.92 Å². The van der Waals surface area contributed by atoms with E-state index in [1.807, 2.05) is 25.1 Å². The van der Waals surface area contributed by atoms with E-state index in [4.69, 9.17) is 9.47 Å². The lowest BCUT2D eigenvalue weighted by Crippen LogP contribution is -2.19. The van der Waals surface area contributed by atoms with Gasteiger partial charge in [-0.3, -0.25) is 0 Å². The number of hydrogen-bond donors (Lipinski definition) is 1. The fourth-order valence-corrected chi connectivity index (χ4v) is 1.62. The molecule has 0 unspecified atom stereocenters. The second-order valence-electron chi connectivity index (χ2n) is 4.16. The third-order valence-corrected chi connectivity index (χ3v) is 2.59. The maximum Gasteiger partial charge on any atom is 0.124 e. The van der Waals surface area contributed by atoms with Crippen molar-refractivity contribution in [1.82, 2.24) is 5.32 Å². The topological polar surface area (TPSA) is 30.5 Å². The van der Waals surface area contributed by atoms with Crippen molar-refractivity contribution in [3.05, 3.63) is 41.5 Å². The maximum absolute atomic E-state index is 5.73. The van der Waals surface area contributed by atoms with Crippen LogP contribution in [-0.4, -0.2) is 26.9 Å². The molecule has 0 bridgehead atoms.